The van der Waals surface area contributed by atoms with Crippen molar-refractivity contribution < 1.29 is 14.3 Å². The summed E-state index contributed by atoms with van der Waals surface area (Å²) in [6, 6.07) is 12.7. The normalized spacial score (nSPS) is 14.5. The van der Waals surface area contributed by atoms with E-state index in [1.54, 1.807) is 24.3 Å². The summed E-state index contributed by atoms with van der Waals surface area (Å²) < 4.78 is 5.32. The van der Waals surface area contributed by atoms with Crippen LogP contribution in [0.25, 0.3) is 0 Å². The maximum atomic E-state index is 12.6. The summed E-state index contributed by atoms with van der Waals surface area (Å²) in [7, 11) is 0. The fourth-order valence-electron chi connectivity index (χ4n) is 3.12. The maximum Gasteiger partial charge on any atom is 0.255 e. The number of nitrogens with one attached hydrogen (secondary N) is 2. The highest BCUT2D eigenvalue weighted by atomic mass is 16.5. The smallest absolute Gasteiger partial charge is 0.255 e. The summed E-state index contributed by atoms with van der Waals surface area (Å²) in [6.07, 6.45) is 0. The molecule has 0 aromatic heterocycles. The summed E-state index contributed by atoms with van der Waals surface area (Å²) >= 11 is 0. The van der Waals surface area contributed by atoms with Gasteiger partial charge in [0.25, 0.3) is 11.8 Å². The van der Waals surface area contributed by atoms with E-state index in [1.807, 2.05) is 32.0 Å². The lowest BCUT2D eigenvalue weighted by atomic mass is 10.1. The lowest BCUT2D eigenvalue weighted by Crippen LogP contribution is -2.41. The molecule has 1 saturated heterocycles. The van der Waals surface area contributed by atoms with Gasteiger partial charge in [-0.3, -0.25) is 14.5 Å². The molecule has 0 aliphatic carbocycles. The molecule has 2 N–H and O–H groups in total. The van der Waals surface area contributed by atoms with Gasteiger partial charge in [-0.25, -0.2) is 0 Å². The van der Waals surface area contributed by atoms with Crippen molar-refractivity contribution in [2.24, 2.45) is 0 Å². The fourth-order valence-corrected chi connectivity index (χ4v) is 3.12. The van der Waals surface area contributed by atoms with Gasteiger partial charge in [-0.2, -0.15) is 0 Å². The highest BCUT2D eigenvalue weighted by Crippen LogP contribution is 2.18. The van der Waals surface area contributed by atoms with Crippen LogP contribution in [0.15, 0.2) is 42.5 Å². The standard InChI is InChI=1S/C22H27N3O3/c1-16-6-7-17(2)20(14-16)24-22(27)19-5-3-4-18(15-19)21(26)23-8-9-25-10-12-28-13-11-25/h3-7,14-15H,8-13H2,1-2H3,(H,23,26)(H,24,27). The van der Waals surface area contributed by atoms with Crippen molar-refractivity contribution in [2.75, 3.05) is 44.7 Å². The number of amides is 2. The van der Waals surface area contributed by atoms with Gasteiger partial charge in [0.1, 0.15) is 0 Å². The van der Waals surface area contributed by atoms with Crippen molar-refractivity contribution in [1.29, 1.82) is 0 Å². The van der Waals surface area contributed by atoms with Crippen LogP contribution in [0, 0.1) is 13.8 Å². The third-order valence-corrected chi connectivity index (χ3v) is 4.85. The average Bonchev–Trinajstić information content (AvgIpc) is 2.71. The van der Waals surface area contributed by atoms with E-state index in [2.05, 4.69) is 15.5 Å². The molecule has 0 radical (unpaired) electrons. The molecule has 1 aliphatic rings. The molecular formula is C22H27N3O3. The van der Waals surface area contributed by atoms with Crippen LogP contribution in [-0.4, -0.2) is 56.1 Å². The molecule has 28 heavy (non-hydrogen) atoms. The number of carbonyl (C=O) groups is 2. The first kappa shape index (κ1) is 20.0. The number of morpholine rings is 1. The summed E-state index contributed by atoms with van der Waals surface area (Å²) in [6.45, 7) is 8.56. The lowest BCUT2D eigenvalue weighted by molar-refractivity contribution is 0.0383. The van der Waals surface area contributed by atoms with E-state index >= 15 is 0 Å². The van der Waals surface area contributed by atoms with Crippen molar-refractivity contribution in [3.05, 3.63) is 64.7 Å². The van der Waals surface area contributed by atoms with Crippen molar-refractivity contribution >= 4 is 17.5 Å². The number of ether oxygens (including phenoxy) is 1. The van der Waals surface area contributed by atoms with E-state index in [4.69, 9.17) is 4.74 Å². The topological polar surface area (TPSA) is 70.7 Å². The maximum absolute atomic E-state index is 12.6. The van der Waals surface area contributed by atoms with E-state index in [0.29, 0.717) is 17.7 Å². The molecule has 6 nitrogen and oxygen atoms in total. The zero-order valence-corrected chi connectivity index (χ0v) is 16.5. The van der Waals surface area contributed by atoms with Crippen LogP contribution >= 0.6 is 0 Å². The Morgan fingerprint density at radius 2 is 1.71 bits per heavy atom. The molecule has 0 unspecified atom stereocenters. The third-order valence-electron chi connectivity index (χ3n) is 4.85. The molecule has 2 amide bonds. The first-order chi connectivity index (χ1) is 13.5. The summed E-state index contributed by atoms with van der Waals surface area (Å²) in [5, 5.41) is 5.86. The van der Waals surface area contributed by atoms with Crippen LogP contribution in [-0.2, 0) is 4.74 Å². The molecule has 3 rings (SSSR count). The fraction of sp³-hybridized carbons (Fsp3) is 0.364. The quantitative estimate of drug-likeness (QED) is 0.807. The first-order valence-corrected chi connectivity index (χ1v) is 9.60. The number of nitrogens with zero attached hydrogens (tertiary/aromatic N) is 1. The molecule has 0 spiro atoms. The van der Waals surface area contributed by atoms with Gasteiger partial charge >= 0.3 is 0 Å². The van der Waals surface area contributed by atoms with Gasteiger partial charge in [-0.05, 0) is 49.2 Å². The van der Waals surface area contributed by atoms with Gasteiger partial charge < -0.3 is 15.4 Å². The Bertz CT molecular complexity index is 845. The number of carbonyl (C=O) groups excluding carboxylic acids is 2. The Kier molecular flexibility index (Phi) is 6.79. The summed E-state index contributed by atoms with van der Waals surface area (Å²) in [5.74, 6) is -0.397. The van der Waals surface area contributed by atoms with Crippen LogP contribution in [0.4, 0.5) is 5.69 Å². The Morgan fingerprint density at radius 1 is 1.00 bits per heavy atom. The van der Waals surface area contributed by atoms with E-state index < -0.39 is 0 Å². The van der Waals surface area contributed by atoms with Gasteiger partial charge in [0.2, 0.25) is 0 Å². The van der Waals surface area contributed by atoms with Gasteiger partial charge in [0.05, 0.1) is 13.2 Å². The SMILES string of the molecule is Cc1ccc(C)c(NC(=O)c2cccc(C(=O)NCCN3CCOCC3)c2)c1. The second-order valence-corrected chi connectivity index (χ2v) is 7.06. The number of anilines is 1. The minimum atomic E-state index is -0.225. The molecule has 0 saturated carbocycles. The van der Waals surface area contributed by atoms with Gasteiger partial charge in [-0.1, -0.05) is 18.2 Å². The highest BCUT2D eigenvalue weighted by Gasteiger charge is 2.13. The second kappa shape index (κ2) is 9.48. The van der Waals surface area contributed by atoms with Crippen LogP contribution in [0.3, 0.4) is 0 Å². The lowest BCUT2D eigenvalue weighted by Gasteiger charge is -2.26. The molecule has 6 heteroatoms. The van der Waals surface area contributed by atoms with Crippen LogP contribution < -0.4 is 10.6 Å². The third kappa shape index (κ3) is 5.41. The minimum Gasteiger partial charge on any atom is -0.379 e. The largest absolute Gasteiger partial charge is 0.379 e. The highest BCUT2D eigenvalue weighted by molar-refractivity contribution is 6.06. The van der Waals surface area contributed by atoms with Crippen molar-refractivity contribution in [3.63, 3.8) is 0 Å². The van der Waals surface area contributed by atoms with E-state index in [1.165, 1.54) is 0 Å². The molecule has 0 bridgehead atoms. The zero-order chi connectivity index (χ0) is 19.9. The Hall–Kier alpha value is -2.70. The molecule has 148 valence electrons. The number of benzene rings is 2. The zero-order valence-electron chi connectivity index (χ0n) is 16.5. The van der Waals surface area contributed by atoms with Crippen LogP contribution in [0.2, 0.25) is 0 Å². The predicted octanol–water partition coefficient (Wildman–Crippen LogP) is 2.62. The Labute approximate surface area is 165 Å². The molecule has 1 aliphatic heterocycles. The first-order valence-electron chi connectivity index (χ1n) is 9.60. The number of hydrogen-bond acceptors (Lipinski definition) is 4. The minimum absolute atomic E-state index is 0.172. The molecule has 2 aromatic rings. The predicted molar refractivity (Wildman–Crippen MR) is 110 cm³/mol. The molecule has 1 fully saturated rings. The Balaban J connectivity index is 1.58. The Morgan fingerprint density at radius 3 is 2.46 bits per heavy atom. The molecule has 1 heterocycles. The molecule has 0 atom stereocenters. The van der Waals surface area contributed by atoms with Gasteiger partial charge in [0, 0.05) is 43.0 Å². The number of rotatable bonds is 6. The van der Waals surface area contributed by atoms with E-state index in [0.717, 1.165) is 49.7 Å². The van der Waals surface area contributed by atoms with Crippen molar-refractivity contribution in [3.8, 4) is 0 Å². The van der Waals surface area contributed by atoms with Crippen molar-refractivity contribution in [1.82, 2.24) is 10.2 Å². The van der Waals surface area contributed by atoms with Crippen LogP contribution in [0.5, 0.6) is 0 Å². The van der Waals surface area contributed by atoms with Gasteiger partial charge in [0.15, 0.2) is 0 Å². The van der Waals surface area contributed by atoms with Gasteiger partial charge in [-0.15, -0.1) is 0 Å². The molecule has 2 aromatic carbocycles. The number of aryl methyl sites for hydroxylation is 2. The van der Waals surface area contributed by atoms with E-state index in [9.17, 15) is 9.59 Å². The monoisotopic (exact) mass is 381 g/mol. The van der Waals surface area contributed by atoms with Crippen molar-refractivity contribution in [2.45, 2.75) is 13.8 Å². The molecular weight excluding hydrogens is 354 g/mol. The number of hydrogen-bond donors (Lipinski definition) is 2. The summed E-state index contributed by atoms with van der Waals surface area (Å²) in [4.78, 5) is 27.3. The van der Waals surface area contributed by atoms with E-state index in [-0.39, 0.29) is 11.8 Å². The average molecular weight is 381 g/mol. The second-order valence-electron chi connectivity index (χ2n) is 7.06. The van der Waals surface area contributed by atoms with Crippen LogP contribution in [0.1, 0.15) is 31.8 Å². The summed E-state index contributed by atoms with van der Waals surface area (Å²) in [5.41, 5.74) is 3.80.